The molecular weight excluding hydrogens is 857 g/mol. The molecule has 2 aliphatic heterocycles. The molecule has 0 spiro atoms. The van der Waals surface area contributed by atoms with Gasteiger partial charge in [0.15, 0.2) is 0 Å². The van der Waals surface area contributed by atoms with Crippen LogP contribution in [0.3, 0.4) is 0 Å². The van der Waals surface area contributed by atoms with Crippen molar-refractivity contribution in [1.82, 2.24) is 0 Å². The summed E-state index contributed by atoms with van der Waals surface area (Å²) < 4.78 is 55.0. The maximum absolute atomic E-state index is 11.7. The van der Waals surface area contributed by atoms with E-state index in [9.17, 15) is 15.3 Å². The van der Waals surface area contributed by atoms with Gasteiger partial charge in [0.25, 0.3) is 0 Å². The van der Waals surface area contributed by atoms with Crippen molar-refractivity contribution in [3.8, 4) is 33.6 Å². The molecule has 334 valence electrons. The van der Waals surface area contributed by atoms with Crippen molar-refractivity contribution in [3.05, 3.63) is 59.7 Å². The number of aliphatic hydroxyl groups is 3. The fourth-order valence-electron chi connectivity index (χ4n) is 6.82. The SMILES string of the molecule is COc1ccc(CO[C@@H]2[C@@H](OCc3ccc(OC)cc3)[C@H](C#C[Si](C)(C)C)O[C@H](CO[Si](C)(C)C(C)(C)C(C)C)[C@H]2O[C@@H]2O[C@H](CO)[C@@H](C#[C][Ge]([CH3])([CH3])[CH3])[C@H](O)[C@H]2O)cc1. The van der Waals surface area contributed by atoms with E-state index >= 15 is 0 Å². The molecule has 0 unspecified atom stereocenters. The van der Waals surface area contributed by atoms with Crippen LogP contribution in [0.1, 0.15) is 38.8 Å². The van der Waals surface area contributed by atoms with Gasteiger partial charge in [-0.1, -0.05) is 71.6 Å². The molecule has 14 heteroatoms. The Bertz CT molecular complexity index is 1770. The normalized spacial score (nSPS) is 27.7. The van der Waals surface area contributed by atoms with Gasteiger partial charge in [0.1, 0.15) is 19.6 Å². The van der Waals surface area contributed by atoms with E-state index in [2.05, 4.69) is 99.8 Å². The van der Waals surface area contributed by atoms with E-state index in [4.69, 9.17) is 37.6 Å². The number of rotatable bonds is 16. The van der Waals surface area contributed by atoms with Crippen LogP contribution < -0.4 is 9.47 Å². The van der Waals surface area contributed by atoms with Crippen molar-refractivity contribution in [1.29, 1.82) is 0 Å². The number of hydrogen-bond acceptors (Lipinski definition) is 11. The minimum Gasteiger partial charge on any atom is -0.0530 e. The smallest absolute Gasteiger partial charge is 0.0196 e. The first-order valence-corrected chi connectivity index (χ1v) is 34.9. The standard InChI is InChI=1S/C46H72GeO11Si2/c1-31(2)46(3,4)60(13,14)55-30-39-43(58-45-41(50)40(49)36(38(27-48)57-45)23-25-47(5,6)7)44(54-29-33-17-21-35(52-9)22-18-33)42(37(56-39)24-26-59(10,11)12)53-28-32-15-19-34(51-8)20-16-32/h15-22,31,36-45,48-50H,27-30H2,1-14H3/t36-,37+,38-,39-,40+,41-,42+,43-,44-,45+/m1/s1. The molecule has 2 heterocycles. The molecule has 4 rings (SSSR count). The van der Waals surface area contributed by atoms with Crippen LogP contribution in [-0.4, -0.2) is 128 Å². The number of hydrogen-bond donors (Lipinski definition) is 3. The Hall–Kier alpha value is -2.22. The number of benzene rings is 2. The van der Waals surface area contributed by atoms with Gasteiger partial charge < -0.3 is 9.47 Å². The molecule has 0 bridgehead atoms. The Morgan fingerprint density at radius 1 is 0.750 bits per heavy atom. The summed E-state index contributed by atoms with van der Waals surface area (Å²) in [5.74, 6) is 14.0. The van der Waals surface area contributed by atoms with Crippen molar-refractivity contribution < 1.29 is 52.9 Å². The second kappa shape index (κ2) is 21.4. The van der Waals surface area contributed by atoms with Crippen molar-refractivity contribution in [3.63, 3.8) is 0 Å². The number of methoxy groups -OCH3 is 2. The van der Waals surface area contributed by atoms with Crippen LogP contribution in [0.25, 0.3) is 0 Å². The van der Waals surface area contributed by atoms with Crippen LogP contribution in [0.4, 0.5) is 0 Å². The molecule has 2 aliphatic rings. The van der Waals surface area contributed by atoms with Crippen molar-refractivity contribution in [2.24, 2.45) is 11.8 Å². The van der Waals surface area contributed by atoms with Gasteiger partial charge in [-0.05, 0) is 53.9 Å². The van der Waals surface area contributed by atoms with Crippen LogP contribution >= 0.6 is 0 Å². The molecule has 0 aliphatic carbocycles. The number of aliphatic hydroxyl groups excluding tert-OH is 3. The summed E-state index contributed by atoms with van der Waals surface area (Å²) in [6.07, 6.45) is -9.26. The van der Waals surface area contributed by atoms with E-state index in [0.29, 0.717) is 5.92 Å². The fraction of sp³-hybridized carbons (Fsp3) is 0.652. The van der Waals surface area contributed by atoms with Crippen molar-refractivity contribution in [2.45, 2.75) is 151 Å². The minimum atomic E-state index is -2.42. The number of ether oxygens (including phenoxy) is 7. The van der Waals surface area contributed by atoms with E-state index in [1.807, 2.05) is 48.5 Å². The predicted octanol–water partition coefficient (Wildman–Crippen LogP) is 6.80. The summed E-state index contributed by atoms with van der Waals surface area (Å²) in [4.78, 5) is 0. The average Bonchev–Trinajstić information content (AvgIpc) is 3.19. The van der Waals surface area contributed by atoms with E-state index in [1.54, 1.807) is 14.2 Å². The molecule has 2 fully saturated rings. The van der Waals surface area contributed by atoms with Crippen molar-refractivity contribution in [2.75, 3.05) is 27.4 Å². The molecule has 2 aromatic carbocycles. The molecule has 0 saturated carbocycles. The second-order valence-electron chi connectivity index (χ2n) is 19.4. The summed E-state index contributed by atoms with van der Waals surface area (Å²) in [7, 11) is -1.08. The van der Waals surface area contributed by atoms with Gasteiger partial charge in [-0.15, -0.1) is 5.54 Å². The summed E-state index contributed by atoms with van der Waals surface area (Å²) in [6, 6.07) is 15.3. The van der Waals surface area contributed by atoms with E-state index in [0.717, 1.165) is 22.6 Å². The monoisotopic (exact) mass is 930 g/mol. The molecule has 2 aromatic rings. The Kier molecular flexibility index (Phi) is 18.0. The molecule has 2 saturated heterocycles. The molecule has 3 N–H and O–H groups in total. The molecule has 0 aromatic heterocycles. The molecule has 11 nitrogen and oxygen atoms in total. The summed E-state index contributed by atoms with van der Waals surface area (Å²) in [5, 5.41) is 33.7. The largest absolute Gasteiger partial charge is 0.0530 e. The molecular formula is C46H72GeO11Si2. The van der Waals surface area contributed by atoms with Gasteiger partial charge in [-0.25, -0.2) is 0 Å². The molecule has 10 atom stereocenters. The van der Waals surface area contributed by atoms with Crippen molar-refractivity contribution >= 4 is 29.7 Å². The van der Waals surface area contributed by atoms with E-state index < -0.39 is 97.3 Å². The van der Waals surface area contributed by atoms with Crippen LogP contribution in [0.5, 0.6) is 11.5 Å². The Morgan fingerprint density at radius 3 is 1.75 bits per heavy atom. The maximum Gasteiger partial charge on any atom is -0.0196 e. The molecule has 0 radical (unpaired) electrons. The predicted molar refractivity (Wildman–Crippen MR) is 242 cm³/mol. The topological polar surface area (TPSA) is 135 Å². The van der Waals surface area contributed by atoms with Gasteiger partial charge in [-0.2, -0.15) is 0 Å². The van der Waals surface area contributed by atoms with Crippen LogP contribution in [-0.2, 0) is 41.3 Å². The first-order chi connectivity index (χ1) is 28.0. The first-order valence-electron chi connectivity index (χ1n) is 21.1. The zero-order chi connectivity index (χ0) is 44.6. The summed E-state index contributed by atoms with van der Waals surface area (Å²) in [5.41, 5.74) is 5.30. The Labute approximate surface area is 364 Å². The van der Waals surface area contributed by atoms with E-state index in [-0.39, 0.29) is 24.9 Å². The van der Waals surface area contributed by atoms with Gasteiger partial charge in [-0.3, -0.25) is 0 Å². The third-order valence-electron chi connectivity index (χ3n) is 11.8. The van der Waals surface area contributed by atoms with Crippen LogP contribution in [0.2, 0.25) is 55.0 Å². The van der Waals surface area contributed by atoms with Gasteiger partial charge >= 0.3 is 192 Å². The summed E-state index contributed by atoms with van der Waals surface area (Å²) in [6.45, 7) is 20.0. The first kappa shape index (κ1) is 50.4. The van der Waals surface area contributed by atoms with E-state index in [1.165, 1.54) is 0 Å². The van der Waals surface area contributed by atoms with Crippen LogP contribution in [0.15, 0.2) is 48.5 Å². The average molecular weight is 930 g/mol. The zero-order valence-electron chi connectivity index (χ0n) is 38.4. The van der Waals surface area contributed by atoms with Gasteiger partial charge in [0.05, 0.1) is 14.2 Å². The summed E-state index contributed by atoms with van der Waals surface area (Å²) >= 11 is -2.39. The quantitative estimate of drug-likeness (QED) is 0.121. The Morgan fingerprint density at radius 2 is 1.28 bits per heavy atom. The zero-order valence-corrected chi connectivity index (χ0v) is 42.5. The Balaban J connectivity index is 1.84. The minimum absolute atomic E-state index is 0.0998. The van der Waals surface area contributed by atoms with Crippen LogP contribution in [0, 0.1) is 34.0 Å². The second-order valence-corrected chi connectivity index (χ2v) is 38.7. The van der Waals surface area contributed by atoms with Gasteiger partial charge in [0, 0.05) is 0 Å². The van der Waals surface area contributed by atoms with Gasteiger partial charge in [0.2, 0.25) is 0 Å². The fourth-order valence-corrected chi connectivity index (χ4v) is 11.0. The maximum atomic E-state index is 11.7. The third-order valence-corrected chi connectivity index (χ3v) is 19.2. The third kappa shape index (κ3) is 13.6. The molecule has 60 heavy (non-hydrogen) atoms. The molecule has 0 amide bonds.